The van der Waals surface area contributed by atoms with Crippen molar-refractivity contribution < 1.29 is 36.2 Å². The summed E-state index contributed by atoms with van der Waals surface area (Å²) in [5, 5.41) is 4.16. The number of benzene rings is 2. The number of rotatable bonds is 4. The molecule has 0 radical (unpaired) electrons. The predicted octanol–water partition coefficient (Wildman–Crippen LogP) is 3.92. The van der Waals surface area contributed by atoms with Crippen molar-refractivity contribution in [2.45, 2.75) is 12.8 Å². The van der Waals surface area contributed by atoms with Crippen LogP contribution in [0.3, 0.4) is 0 Å². The van der Waals surface area contributed by atoms with Gasteiger partial charge in [-0.15, -0.1) is 8.78 Å². The van der Waals surface area contributed by atoms with Gasteiger partial charge in [0.1, 0.15) is 23.9 Å². The van der Waals surface area contributed by atoms with Crippen LogP contribution in [0.2, 0.25) is 0 Å². The van der Waals surface area contributed by atoms with Gasteiger partial charge in [-0.3, -0.25) is 9.59 Å². The van der Waals surface area contributed by atoms with E-state index in [0.717, 1.165) is 21.7 Å². The maximum absolute atomic E-state index is 13.8. The number of ether oxygens (including phenoxy) is 2. The molecule has 2 aromatic carbocycles. The molecule has 12 heteroatoms. The van der Waals surface area contributed by atoms with E-state index in [1.807, 2.05) is 0 Å². The van der Waals surface area contributed by atoms with Gasteiger partial charge in [0.15, 0.2) is 17.1 Å². The lowest BCUT2D eigenvalue weighted by Crippen LogP contribution is -2.35. The maximum atomic E-state index is 13.8. The Morgan fingerprint density at radius 3 is 2.50 bits per heavy atom. The number of hydrogen-bond donors (Lipinski definition) is 0. The largest absolute Gasteiger partial charge is 0.586 e. The molecule has 0 saturated heterocycles. The summed E-state index contributed by atoms with van der Waals surface area (Å²) < 4.78 is 68.9. The standard InChI is InChI=1S/C22H13F4N3O5/c1-28(14-2-3-16-17(9-14)34-22(25,26)33-16)18(30)10-29-21(31)15-4-5-32-20(15)19(27-29)11-6-12(23)8-13(24)7-11/h2-9H,10H2,1H3. The van der Waals surface area contributed by atoms with Crippen LogP contribution in [0.15, 0.2) is 57.9 Å². The second-order valence-corrected chi connectivity index (χ2v) is 7.38. The highest BCUT2D eigenvalue weighted by atomic mass is 19.3. The Hall–Kier alpha value is -4.35. The van der Waals surface area contributed by atoms with Crippen molar-refractivity contribution in [1.82, 2.24) is 9.78 Å². The SMILES string of the molecule is CN(C(=O)Cn1nc(-c2cc(F)cc(F)c2)c2occc2c1=O)c1ccc2c(c1)OC(F)(F)O2. The van der Waals surface area contributed by atoms with Crippen LogP contribution in [0.4, 0.5) is 23.2 Å². The molecule has 0 saturated carbocycles. The summed E-state index contributed by atoms with van der Waals surface area (Å²) in [6, 6.07) is 7.81. The fourth-order valence-electron chi connectivity index (χ4n) is 3.52. The lowest BCUT2D eigenvalue weighted by Gasteiger charge is -2.18. The van der Waals surface area contributed by atoms with Crippen LogP contribution in [-0.2, 0) is 11.3 Å². The fourth-order valence-corrected chi connectivity index (χ4v) is 3.52. The van der Waals surface area contributed by atoms with Gasteiger partial charge in [0.2, 0.25) is 5.91 Å². The second-order valence-electron chi connectivity index (χ2n) is 7.38. The Labute approximate surface area is 187 Å². The first kappa shape index (κ1) is 21.5. The minimum atomic E-state index is -3.81. The zero-order valence-electron chi connectivity index (χ0n) is 17.2. The van der Waals surface area contributed by atoms with Crippen LogP contribution >= 0.6 is 0 Å². The van der Waals surface area contributed by atoms with Gasteiger partial charge in [-0.05, 0) is 30.3 Å². The molecule has 0 aliphatic carbocycles. The van der Waals surface area contributed by atoms with E-state index in [2.05, 4.69) is 14.6 Å². The first-order valence-corrected chi connectivity index (χ1v) is 9.72. The van der Waals surface area contributed by atoms with Gasteiger partial charge >= 0.3 is 6.29 Å². The number of likely N-dealkylation sites (N-methyl/N-ethyl adjacent to an activating group) is 1. The highest BCUT2D eigenvalue weighted by molar-refractivity contribution is 5.94. The molecule has 2 aromatic heterocycles. The monoisotopic (exact) mass is 475 g/mol. The third-order valence-corrected chi connectivity index (χ3v) is 5.13. The summed E-state index contributed by atoms with van der Waals surface area (Å²) in [6.45, 7) is -0.564. The van der Waals surface area contributed by atoms with Gasteiger partial charge in [-0.25, -0.2) is 13.5 Å². The molecule has 4 aromatic rings. The van der Waals surface area contributed by atoms with Gasteiger partial charge in [0.05, 0.1) is 11.6 Å². The van der Waals surface area contributed by atoms with Gasteiger partial charge in [0, 0.05) is 30.4 Å². The van der Waals surface area contributed by atoms with Gasteiger partial charge in [-0.1, -0.05) is 0 Å². The minimum absolute atomic E-state index is 0.00343. The summed E-state index contributed by atoms with van der Waals surface area (Å²) in [7, 11) is 1.36. The minimum Gasteiger partial charge on any atom is -0.462 e. The van der Waals surface area contributed by atoms with Crippen LogP contribution < -0.4 is 19.9 Å². The lowest BCUT2D eigenvalue weighted by molar-refractivity contribution is -0.286. The maximum Gasteiger partial charge on any atom is 0.586 e. The summed E-state index contributed by atoms with van der Waals surface area (Å²) >= 11 is 0. The number of aromatic nitrogens is 2. The molecule has 1 amide bonds. The van der Waals surface area contributed by atoms with Crippen molar-refractivity contribution in [3.05, 3.63) is 70.7 Å². The molecule has 0 spiro atoms. The molecule has 0 N–H and O–H groups in total. The topological polar surface area (TPSA) is 86.8 Å². The highest BCUT2D eigenvalue weighted by Crippen LogP contribution is 2.42. The molecule has 34 heavy (non-hydrogen) atoms. The van der Waals surface area contributed by atoms with E-state index >= 15 is 0 Å². The average Bonchev–Trinajstić information content (AvgIpc) is 3.37. The number of halogens is 4. The van der Waals surface area contributed by atoms with Crippen molar-refractivity contribution in [2.24, 2.45) is 0 Å². The van der Waals surface area contributed by atoms with E-state index in [0.29, 0.717) is 6.07 Å². The van der Waals surface area contributed by atoms with Gasteiger partial charge in [-0.2, -0.15) is 5.10 Å². The van der Waals surface area contributed by atoms with E-state index in [9.17, 15) is 27.2 Å². The van der Waals surface area contributed by atoms with E-state index in [1.165, 1.54) is 37.6 Å². The van der Waals surface area contributed by atoms with Crippen LogP contribution in [-0.4, -0.2) is 29.0 Å². The third-order valence-electron chi connectivity index (χ3n) is 5.13. The molecule has 0 atom stereocenters. The summed E-state index contributed by atoms with van der Waals surface area (Å²) in [5.74, 6) is -2.81. The number of amides is 1. The number of hydrogen-bond acceptors (Lipinski definition) is 6. The number of anilines is 1. The predicted molar refractivity (Wildman–Crippen MR) is 110 cm³/mol. The smallest absolute Gasteiger partial charge is 0.462 e. The van der Waals surface area contributed by atoms with Crippen molar-refractivity contribution in [3.8, 4) is 22.8 Å². The molecule has 0 unspecified atom stereocenters. The molecule has 0 bridgehead atoms. The zero-order chi connectivity index (χ0) is 24.2. The van der Waals surface area contributed by atoms with E-state index in [-0.39, 0.29) is 39.4 Å². The highest BCUT2D eigenvalue weighted by Gasteiger charge is 2.43. The van der Waals surface area contributed by atoms with Crippen molar-refractivity contribution in [2.75, 3.05) is 11.9 Å². The molecular formula is C22H13F4N3O5. The number of carbonyl (C=O) groups is 1. The Bertz CT molecular complexity index is 1490. The van der Waals surface area contributed by atoms with Crippen LogP contribution in [0.5, 0.6) is 11.5 Å². The molecular weight excluding hydrogens is 462 g/mol. The van der Waals surface area contributed by atoms with Crippen LogP contribution in [0.1, 0.15) is 0 Å². The number of furan rings is 1. The molecule has 0 fully saturated rings. The number of alkyl halides is 2. The lowest BCUT2D eigenvalue weighted by atomic mass is 10.1. The van der Waals surface area contributed by atoms with Crippen LogP contribution in [0.25, 0.3) is 22.2 Å². The number of fused-ring (bicyclic) bond motifs is 2. The summed E-state index contributed by atoms with van der Waals surface area (Å²) in [5.41, 5.74) is -0.516. The molecule has 1 aliphatic rings. The van der Waals surface area contributed by atoms with Crippen LogP contribution in [0, 0.1) is 11.6 Å². The molecule has 8 nitrogen and oxygen atoms in total. The van der Waals surface area contributed by atoms with E-state index in [4.69, 9.17) is 4.42 Å². The average molecular weight is 475 g/mol. The Balaban J connectivity index is 1.49. The fraction of sp³-hybridized carbons (Fsp3) is 0.136. The zero-order valence-corrected chi connectivity index (χ0v) is 17.2. The van der Waals surface area contributed by atoms with E-state index < -0.39 is 35.9 Å². The molecule has 3 heterocycles. The number of nitrogens with zero attached hydrogens (tertiary/aromatic N) is 3. The van der Waals surface area contributed by atoms with E-state index in [1.54, 1.807) is 0 Å². The Morgan fingerprint density at radius 1 is 1.06 bits per heavy atom. The molecule has 174 valence electrons. The second kappa shape index (κ2) is 7.61. The first-order chi connectivity index (χ1) is 16.1. The van der Waals surface area contributed by atoms with Crippen molar-refractivity contribution in [1.29, 1.82) is 0 Å². The van der Waals surface area contributed by atoms with Crippen molar-refractivity contribution in [3.63, 3.8) is 0 Å². The van der Waals surface area contributed by atoms with Gasteiger partial charge in [0.25, 0.3) is 5.56 Å². The molecule has 5 rings (SSSR count). The Kier molecular flexibility index (Phi) is 4.81. The quantitative estimate of drug-likeness (QED) is 0.416. The molecule has 1 aliphatic heterocycles. The Morgan fingerprint density at radius 2 is 1.76 bits per heavy atom. The number of carbonyl (C=O) groups excluding carboxylic acids is 1. The summed E-state index contributed by atoms with van der Waals surface area (Å²) in [4.78, 5) is 26.8. The first-order valence-electron chi connectivity index (χ1n) is 9.72. The van der Waals surface area contributed by atoms with Crippen molar-refractivity contribution >= 4 is 22.6 Å². The third kappa shape index (κ3) is 3.72. The normalized spacial score (nSPS) is 13.9. The van der Waals surface area contributed by atoms with Gasteiger partial charge < -0.3 is 18.8 Å². The summed E-state index contributed by atoms with van der Waals surface area (Å²) in [6.07, 6.45) is -2.60.